The molecule has 0 spiro atoms. The molecule has 0 fully saturated rings. The SMILES string of the molecule is CC(C)Oc1ccc(C(=O)OCC(=O)N[C@@H](C)c2ccc3c(c2)OCO3)cc1. The Bertz CT molecular complexity index is 846. The predicted octanol–water partition coefficient (Wildman–Crippen LogP) is 3.24. The van der Waals surface area contributed by atoms with E-state index in [0.717, 1.165) is 5.56 Å². The van der Waals surface area contributed by atoms with Crippen LogP contribution in [-0.4, -0.2) is 31.4 Å². The highest BCUT2D eigenvalue weighted by Gasteiger charge is 2.17. The molecule has 0 unspecified atom stereocenters. The van der Waals surface area contributed by atoms with Gasteiger partial charge in [0.2, 0.25) is 6.79 Å². The van der Waals surface area contributed by atoms with E-state index in [0.29, 0.717) is 22.8 Å². The van der Waals surface area contributed by atoms with Gasteiger partial charge >= 0.3 is 5.97 Å². The van der Waals surface area contributed by atoms with E-state index in [4.69, 9.17) is 18.9 Å². The number of carbonyl (C=O) groups is 2. The molecule has 1 N–H and O–H groups in total. The topological polar surface area (TPSA) is 83.1 Å². The van der Waals surface area contributed by atoms with Crippen molar-refractivity contribution in [2.75, 3.05) is 13.4 Å². The standard InChI is InChI=1S/C21H23NO6/c1-13(2)28-17-7-4-15(5-8-17)21(24)25-11-20(23)22-14(3)16-6-9-18-19(10-16)27-12-26-18/h4-10,13-14H,11-12H2,1-3H3,(H,22,23)/t14-/m0/s1. The van der Waals surface area contributed by atoms with Gasteiger partial charge in [0.05, 0.1) is 17.7 Å². The Morgan fingerprint density at radius 3 is 2.46 bits per heavy atom. The monoisotopic (exact) mass is 385 g/mol. The van der Waals surface area contributed by atoms with Crippen LogP contribution < -0.4 is 19.5 Å². The number of benzene rings is 2. The fourth-order valence-electron chi connectivity index (χ4n) is 2.71. The summed E-state index contributed by atoms with van der Waals surface area (Å²) in [4.78, 5) is 24.2. The molecular formula is C21H23NO6. The molecule has 1 amide bonds. The first-order valence-corrected chi connectivity index (χ1v) is 9.05. The molecule has 2 aromatic rings. The number of ether oxygens (including phenoxy) is 4. The van der Waals surface area contributed by atoms with Crippen LogP contribution in [0.5, 0.6) is 17.2 Å². The van der Waals surface area contributed by atoms with Gasteiger partial charge in [-0.2, -0.15) is 0 Å². The Hall–Kier alpha value is -3.22. The van der Waals surface area contributed by atoms with E-state index in [-0.39, 0.29) is 25.5 Å². The molecule has 1 atom stereocenters. The molecule has 2 aromatic carbocycles. The smallest absolute Gasteiger partial charge is 0.338 e. The molecule has 0 saturated heterocycles. The van der Waals surface area contributed by atoms with E-state index in [1.165, 1.54) is 0 Å². The number of rotatable bonds is 7. The Morgan fingerprint density at radius 1 is 1.04 bits per heavy atom. The van der Waals surface area contributed by atoms with Crippen LogP contribution in [0.3, 0.4) is 0 Å². The first-order valence-electron chi connectivity index (χ1n) is 9.05. The van der Waals surface area contributed by atoms with Crippen LogP contribution in [0.15, 0.2) is 42.5 Å². The largest absolute Gasteiger partial charge is 0.491 e. The van der Waals surface area contributed by atoms with Crippen LogP contribution >= 0.6 is 0 Å². The predicted molar refractivity (Wildman–Crippen MR) is 102 cm³/mol. The lowest BCUT2D eigenvalue weighted by atomic mass is 10.1. The zero-order valence-corrected chi connectivity index (χ0v) is 16.1. The van der Waals surface area contributed by atoms with Crippen LogP contribution in [0.25, 0.3) is 0 Å². The second-order valence-electron chi connectivity index (χ2n) is 6.67. The summed E-state index contributed by atoms with van der Waals surface area (Å²) in [5, 5.41) is 2.79. The number of fused-ring (bicyclic) bond motifs is 1. The summed E-state index contributed by atoms with van der Waals surface area (Å²) in [5.74, 6) is 1.04. The van der Waals surface area contributed by atoms with Crippen LogP contribution in [0.2, 0.25) is 0 Å². The Morgan fingerprint density at radius 2 is 1.75 bits per heavy atom. The molecule has 28 heavy (non-hydrogen) atoms. The van der Waals surface area contributed by atoms with Crippen molar-refractivity contribution in [2.24, 2.45) is 0 Å². The van der Waals surface area contributed by atoms with E-state index in [2.05, 4.69) is 5.32 Å². The summed E-state index contributed by atoms with van der Waals surface area (Å²) in [6, 6.07) is 11.8. The van der Waals surface area contributed by atoms with E-state index in [9.17, 15) is 9.59 Å². The van der Waals surface area contributed by atoms with Gasteiger partial charge in [0.15, 0.2) is 18.1 Å². The number of hydrogen-bond donors (Lipinski definition) is 1. The second kappa shape index (κ2) is 8.65. The molecule has 148 valence electrons. The summed E-state index contributed by atoms with van der Waals surface area (Å²) in [6.07, 6.45) is 0.0493. The summed E-state index contributed by atoms with van der Waals surface area (Å²) in [5.41, 5.74) is 1.22. The third-order valence-corrected chi connectivity index (χ3v) is 4.07. The van der Waals surface area contributed by atoms with Crippen LogP contribution in [0.1, 0.15) is 42.7 Å². The second-order valence-corrected chi connectivity index (χ2v) is 6.67. The molecule has 0 bridgehead atoms. The Kier molecular flexibility index (Phi) is 6.03. The van der Waals surface area contributed by atoms with E-state index in [1.54, 1.807) is 30.3 Å². The molecule has 0 saturated carbocycles. The lowest BCUT2D eigenvalue weighted by molar-refractivity contribution is -0.124. The summed E-state index contributed by atoms with van der Waals surface area (Å²) < 4.78 is 21.2. The van der Waals surface area contributed by atoms with Gasteiger partial charge in [-0.15, -0.1) is 0 Å². The minimum Gasteiger partial charge on any atom is -0.491 e. The summed E-state index contributed by atoms with van der Waals surface area (Å²) in [7, 11) is 0. The zero-order chi connectivity index (χ0) is 20.1. The average molecular weight is 385 g/mol. The lowest BCUT2D eigenvalue weighted by Crippen LogP contribution is -2.31. The Labute approximate surface area is 163 Å². The van der Waals surface area contributed by atoms with Gasteiger partial charge < -0.3 is 24.3 Å². The van der Waals surface area contributed by atoms with Crippen molar-refractivity contribution >= 4 is 11.9 Å². The number of carbonyl (C=O) groups excluding carboxylic acids is 2. The maximum Gasteiger partial charge on any atom is 0.338 e. The molecule has 3 rings (SSSR count). The van der Waals surface area contributed by atoms with E-state index >= 15 is 0 Å². The highest BCUT2D eigenvalue weighted by molar-refractivity contribution is 5.91. The molecule has 7 heteroatoms. The first kappa shape index (κ1) is 19.5. The fourth-order valence-corrected chi connectivity index (χ4v) is 2.71. The third-order valence-electron chi connectivity index (χ3n) is 4.07. The summed E-state index contributed by atoms with van der Waals surface area (Å²) in [6.45, 7) is 5.51. The van der Waals surface area contributed by atoms with Gasteiger partial charge in [0.25, 0.3) is 5.91 Å². The van der Waals surface area contributed by atoms with Crippen molar-refractivity contribution in [3.63, 3.8) is 0 Å². The third kappa shape index (κ3) is 4.94. The van der Waals surface area contributed by atoms with Gasteiger partial charge in [-0.25, -0.2) is 4.79 Å². The van der Waals surface area contributed by atoms with Crippen molar-refractivity contribution < 1.29 is 28.5 Å². The van der Waals surface area contributed by atoms with Crippen LogP contribution in [-0.2, 0) is 9.53 Å². The molecule has 0 aliphatic carbocycles. The number of esters is 1. The molecule has 0 radical (unpaired) electrons. The summed E-state index contributed by atoms with van der Waals surface area (Å²) >= 11 is 0. The normalized spacial score (nSPS) is 13.1. The average Bonchev–Trinajstić information content (AvgIpc) is 3.14. The van der Waals surface area contributed by atoms with Crippen molar-refractivity contribution in [2.45, 2.75) is 32.9 Å². The van der Waals surface area contributed by atoms with Gasteiger partial charge in [-0.1, -0.05) is 6.07 Å². The zero-order valence-electron chi connectivity index (χ0n) is 16.1. The highest BCUT2D eigenvalue weighted by atomic mass is 16.7. The van der Waals surface area contributed by atoms with Gasteiger partial charge in [0, 0.05) is 0 Å². The van der Waals surface area contributed by atoms with Crippen molar-refractivity contribution in [3.05, 3.63) is 53.6 Å². The minimum absolute atomic E-state index is 0.0493. The van der Waals surface area contributed by atoms with Crippen molar-refractivity contribution in [3.8, 4) is 17.2 Å². The number of amides is 1. The van der Waals surface area contributed by atoms with Crippen LogP contribution in [0.4, 0.5) is 0 Å². The minimum atomic E-state index is -0.568. The van der Waals surface area contributed by atoms with Gasteiger partial charge in [-0.05, 0) is 62.7 Å². The molecule has 0 aromatic heterocycles. The molecule has 1 aliphatic heterocycles. The van der Waals surface area contributed by atoms with Crippen molar-refractivity contribution in [1.82, 2.24) is 5.32 Å². The molecule has 7 nitrogen and oxygen atoms in total. The molecular weight excluding hydrogens is 362 g/mol. The number of hydrogen-bond acceptors (Lipinski definition) is 6. The molecule has 1 aliphatic rings. The van der Waals surface area contributed by atoms with Crippen LogP contribution in [0, 0.1) is 0 Å². The highest BCUT2D eigenvalue weighted by Crippen LogP contribution is 2.34. The van der Waals surface area contributed by atoms with E-state index < -0.39 is 11.9 Å². The lowest BCUT2D eigenvalue weighted by Gasteiger charge is -2.15. The maximum absolute atomic E-state index is 12.1. The van der Waals surface area contributed by atoms with E-state index in [1.807, 2.05) is 32.9 Å². The number of nitrogens with one attached hydrogen (secondary N) is 1. The van der Waals surface area contributed by atoms with Gasteiger partial charge in [0.1, 0.15) is 5.75 Å². The first-order chi connectivity index (χ1) is 13.4. The Balaban J connectivity index is 1.48. The van der Waals surface area contributed by atoms with Gasteiger partial charge in [-0.3, -0.25) is 4.79 Å². The molecule has 1 heterocycles. The van der Waals surface area contributed by atoms with Crippen molar-refractivity contribution in [1.29, 1.82) is 0 Å². The fraction of sp³-hybridized carbons (Fsp3) is 0.333. The quantitative estimate of drug-likeness (QED) is 0.737. The maximum atomic E-state index is 12.1.